The number of rotatable bonds is 6. The van der Waals surface area contributed by atoms with Crippen LogP contribution in [0.1, 0.15) is 21.5 Å². The first-order chi connectivity index (χ1) is 13.0. The number of methoxy groups -OCH3 is 1. The van der Waals surface area contributed by atoms with Crippen LogP contribution in [0.3, 0.4) is 0 Å². The smallest absolute Gasteiger partial charge is 0.339 e. The molecule has 0 saturated heterocycles. The standard InChI is InChI=1S/C22H21NO4/c1-14-17(22(24)25)21(27-13-15-9-5-3-6-10-15)19(23)18(20(14)26-2)16-11-7-4-8-12-16/h3-12H,13,23H2,1-2H3,(H,24,25). The lowest BCUT2D eigenvalue weighted by Gasteiger charge is -2.21. The number of aromatic carboxylic acids is 1. The molecule has 5 heteroatoms. The largest absolute Gasteiger partial charge is 0.496 e. The number of carbonyl (C=O) groups is 1. The molecule has 0 spiro atoms. The van der Waals surface area contributed by atoms with Crippen molar-refractivity contribution >= 4 is 11.7 Å². The van der Waals surface area contributed by atoms with Gasteiger partial charge < -0.3 is 20.3 Å². The van der Waals surface area contributed by atoms with Crippen LogP contribution in [0.2, 0.25) is 0 Å². The molecule has 0 atom stereocenters. The van der Waals surface area contributed by atoms with Crippen LogP contribution < -0.4 is 15.2 Å². The van der Waals surface area contributed by atoms with E-state index in [1.54, 1.807) is 6.92 Å². The molecule has 5 nitrogen and oxygen atoms in total. The lowest BCUT2D eigenvalue weighted by atomic mass is 9.94. The summed E-state index contributed by atoms with van der Waals surface area (Å²) in [6.45, 7) is 1.91. The number of hydrogen-bond donors (Lipinski definition) is 2. The Labute approximate surface area is 158 Å². The Morgan fingerprint density at radius 1 is 1.00 bits per heavy atom. The maximum atomic E-state index is 11.9. The second-order valence-electron chi connectivity index (χ2n) is 6.10. The second-order valence-corrected chi connectivity index (χ2v) is 6.10. The van der Waals surface area contributed by atoms with Gasteiger partial charge in [-0.15, -0.1) is 0 Å². The van der Waals surface area contributed by atoms with E-state index in [9.17, 15) is 9.90 Å². The molecule has 0 bridgehead atoms. The summed E-state index contributed by atoms with van der Waals surface area (Å²) in [4.78, 5) is 11.9. The summed E-state index contributed by atoms with van der Waals surface area (Å²) in [5.74, 6) is -0.521. The number of nitrogen functional groups attached to an aromatic ring is 1. The Kier molecular flexibility index (Phi) is 5.31. The van der Waals surface area contributed by atoms with E-state index in [1.807, 2.05) is 60.7 Å². The van der Waals surface area contributed by atoms with Gasteiger partial charge in [-0.05, 0) is 18.1 Å². The van der Waals surface area contributed by atoms with Crippen molar-refractivity contribution in [3.63, 3.8) is 0 Å². The molecule has 138 valence electrons. The fraction of sp³-hybridized carbons (Fsp3) is 0.136. The highest BCUT2D eigenvalue weighted by Crippen LogP contribution is 2.46. The van der Waals surface area contributed by atoms with Gasteiger partial charge in [-0.1, -0.05) is 60.7 Å². The molecular weight excluding hydrogens is 342 g/mol. The van der Waals surface area contributed by atoms with E-state index in [1.165, 1.54) is 7.11 Å². The van der Waals surface area contributed by atoms with Crippen molar-refractivity contribution in [1.82, 2.24) is 0 Å². The molecule has 0 aromatic heterocycles. The fourth-order valence-electron chi connectivity index (χ4n) is 3.13. The average molecular weight is 363 g/mol. The monoisotopic (exact) mass is 363 g/mol. The number of carboxylic acids is 1. The summed E-state index contributed by atoms with van der Waals surface area (Å²) < 4.78 is 11.4. The van der Waals surface area contributed by atoms with Crippen molar-refractivity contribution in [3.05, 3.63) is 77.4 Å². The zero-order valence-corrected chi connectivity index (χ0v) is 15.2. The van der Waals surface area contributed by atoms with E-state index in [0.29, 0.717) is 16.9 Å². The first-order valence-corrected chi connectivity index (χ1v) is 8.50. The van der Waals surface area contributed by atoms with Gasteiger partial charge in [0, 0.05) is 5.56 Å². The Morgan fingerprint density at radius 2 is 1.59 bits per heavy atom. The lowest BCUT2D eigenvalue weighted by molar-refractivity contribution is 0.0690. The summed E-state index contributed by atoms with van der Waals surface area (Å²) in [5, 5.41) is 9.76. The van der Waals surface area contributed by atoms with Gasteiger partial charge in [-0.25, -0.2) is 4.79 Å². The van der Waals surface area contributed by atoms with Gasteiger partial charge >= 0.3 is 5.97 Å². The minimum atomic E-state index is -1.11. The molecule has 0 heterocycles. The van der Waals surface area contributed by atoms with Gasteiger partial charge in [0.15, 0.2) is 5.75 Å². The van der Waals surface area contributed by atoms with Crippen LogP contribution in [0.15, 0.2) is 60.7 Å². The van der Waals surface area contributed by atoms with Crippen molar-refractivity contribution in [1.29, 1.82) is 0 Å². The number of hydrogen-bond acceptors (Lipinski definition) is 4. The molecule has 0 aliphatic carbocycles. The third-order valence-corrected chi connectivity index (χ3v) is 4.39. The summed E-state index contributed by atoms with van der Waals surface area (Å²) in [6.07, 6.45) is 0. The van der Waals surface area contributed by atoms with E-state index in [0.717, 1.165) is 11.1 Å². The Morgan fingerprint density at radius 3 is 2.15 bits per heavy atom. The molecule has 0 aliphatic heterocycles. The average Bonchev–Trinajstić information content (AvgIpc) is 2.69. The minimum Gasteiger partial charge on any atom is -0.496 e. The number of anilines is 1. The number of ether oxygens (including phenoxy) is 2. The molecule has 0 fully saturated rings. The van der Waals surface area contributed by atoms with E-state index in [4.69, 9.17) is 15.2 Å². The SMILES string of the molecule is COc1c(C)c(C(=O)O)c(OCc2ccccc2)c(N)c1-c1ccccc1. The molecule has 0 saturated carbocycles. The Bertz CT molecular complexity index is 953. The van der Waals surface area contributed by atoms with Crippen LogP contribution in [0.5, 0.6) is 11.5 Å². The normalized spacial score (nSPS) is 10.4. The zero-order valence-electron chi connectivity index (χ0n) is 15.2. The summed E-state index contributed by atoms with van der Waals surface area (Å²) >= 11 is 0. The van der Waals surface area contributed by atoms with Gasteiger partial charge in [-0.3, -0.25) is 0 Å². The van der Waals surface area contributed by atoms with E-state index >= 15 is 0 Å². The van der Waals surface area contributed by atoms with Crippen LogP contribution in [0.4, 0.5) is 5.69 Å². The van der Waals surface area contributed by atoms with Gasteiger partial charge in [0.1, 0.15) is 17.9 Å². The number of carboxylic acid groups (broad SMARTS) is 1. The molecule has 3 aromatic rings. The molecule has 3 rings (SSSR count). The highest BCUT2D eigenvalue weighted by molar-refractivity contribution is 6.01. The maximum Gasteiger partial charge on any atom is 0.339 e. The van der Waals surface area contributed by atoms with Crippen LogP contribution in [-0.2, 0) is 6.61 Å². The molecule has 3 aromatic carbocycles. The number of benzene rings is 3. The van der Waals surface area contributed by atoms with Gasteiger partial charge in [0.25, 0.3) is 0 Å². The summed E-state index contributed by atoms with van der Waals surface area (Å²) in [6, 6.07) is 19.0. The zero-order chi connectivity index (χ0) is 19.4. The molecule has 0 aliphatic rings. The molecule has 27 heavy (non-hydrogen) atoms. The minimum absolute atomic E-state index is 0.0139. The highest BCUT2D eigenvalue weighted by Gasteiger charge is 2.27. The van der Waals surface area contributed by atoms with E-state index in [-0.39, 0.29) is 23.6 Å². The van der Waals surface area contributed by atoms with Gasteiger partial charge in [0.2, 0.25) is 0 Å². The van der Waals surface area contributed by atoms with Crippen LogP contribution in [-0.4, -0.2) is 18.2 Å². The van der Waals surface area contributed by atoms with Crippen LogP contribution in [0.25, 0.3) is 11.1 Å². The molecule has 0 unspecified atom stereocenters. The van der Waals surface area contributed by atoms with Crippen molar-refractivity contribution in [2.75, 3.05) is 12.8 Å². The first-order valence-electron chi connectivity index (χ1n) is 8.50. The summed E-state index contributed by atoms with van der Waals surface area (Å²) in [7, 11) is 1.50. The predicted molar refractivity (Wildman–Crippen MR) is 105 cm³/mol. The van der Waals surface area contributed by atoms with Crippen molar-refractivity contribution in [2.24, 2.45) is 0 Å². The molecule has 3 N–H and O–H groups in total. The topological polar surface area (TPSA) is 81.8 Å². The third-order valence-electron chi connectivity index (χ3n) is 4.39. The quantitative estimate of drug-likeness (QED) is 0.629. The van der Waals surface area contributed by atoms with Crippen molar-refractivity contribution < 1.29 is 19.4 Å². The van der Waals surface area contributed by atoms with Gasteiger partial charge in [-0.2, -0.15) is 0 Å². The maximum absolute atomic E-state index is 11.9. The highest BCUT2D eigenvalue weighted by atomic mass is 16.5. The predicted octanol–water partition coefficient (Wildman–Crippen LogP) is 4.53. The first kappa shape index (κ1) is 18.3. The van der Waals surface area contributed by atoms with E-state index < -0.39 is 5.97 Å². The molecular formula is C22H21NO4. The van der Waals surface area contributed by atoms with Gasteiger partial charge in [0.05, 0.1) is 18.4 Å². The van der Waals surface area contributed by atoms with Crippen LogP contribution >= 0.6 is 0 Å². The lowest BCUT2D eigenvalue weighted by Crippen LogP contribution is -2.11. The Hall–Kier alpha value is -3.47. The summed E-state index contributed by atoms with van der Waals surface area (Å²) in [5.41, 5.74) is 9.51. The van der Waals surface area contributed by atoms with Crippen molar-refractivity contribution in [3.8, 4) is 22.6 Å². The van der Waals surface area contributed by atoms with Crippen LogP contribution in [0, 0.1) is 6.92 Å². The van der Waals surface area contributed by atoms with E-state index in [2.05, 4.69) is 0 Å². The number of nitrogens with two attached hydrogens (primary N) is 1. The Balaban J connectivity index is 2.18. The van der Waals surface area contributed by atoms with Crippen molar-refractivity contribution in [2.45, 2.75) is 13.5 Å². The third kappa shape index (κ3) is 3.58. The fourth-order valence-corrected chi connectivity index (χ4v) is 3.13. The molecule has 0 amide bonds. The second kappa shape index (κ2) is 7.83. The molecule has 0 radical (unpaired) electrons.